The number of amides is 1. The molecular formula is C11H22BrNO. The predicted molar refractivity (Wildman–Crippen MR) is 64.7 cm³/mol. The molecule has 0 saturated heterocycles. The van der Waals surface area contributed by atoms with Gasteiger partial charge in [0.1, 0.15) is 0 Å². The molecule has 0 aromatic carbocycles. The van der Waals surface area contributed by atoms with E-state index in [2.05, 4.69) is 42.0 Å². The van der Waals surface area contributed by atoms with Gasteiger partial charge in [-0.25, -0.2) is 0 Å². The Hall–Kier alpha value is -0.0500. The maximum atomic E-state index is 11.4. The van der Waals surface area contributed by atoms with Gasteiger partial charge in [0.25, 0.3) is 0 Å². The number of carbonyl (C=O) groups is 1. The molecule has 0 aliphatic carbocycles. The molecule has 0 fully saturated rings. The van der Waals surface area contributed by atoms with Gasteiger partial charge < -0.3 is 5.32 Å². The second-order valence-corrected chi connectivity index (χ2v) is 4.90. The Labute approximate surface area is 96.0 Å². The quantitative estimate of drug-likeness (QED) is 0.704. The van der Waals surface area contributed by atoms with Crippen molar-refractivity contribution in [3.05, 3.63) is 0 Å². The molecule has 14 heavy (non-hydrogen) atoms. The van der Waals surface area contributed by atoms with Gasteiger partial charge in [0, 0.05) is 18.3 Å². The van der Waals surface area contributed by atoms with Crippen LogP contribution in [0.1, 0.15) is 40.0 Å². The summed E-state index contributed by atoms with van der Waals surface area (Å²) >= 11 is 3.40. The summed E-state index contributed by atoms with van der Waals surface area (Å²) in [5, 5.41) is 3.98. The summed E-state index contributed by atoms with van der Waals surface area (Å²) in [6.45, 7) is 7.19. The van der Waals surface area contributed by atoms with Gasteiger partial charge in [-0.15, -0.1) is 0 Å². The largest absolute Gasteiger partial charge is 0.356 e. The zero-order chi connectivity index (χ0) is 11.0. The average Bonchev–Trinajstić information content (AvgIpc) is 2.15. The van der Waals surface area contributed by atoms with Crippen LogP contribution in [0.4, 0.5) is 0 Å². The van der Waals surface area contributed by atoms with E-state index in [1.54, 1.807) is 0 Å². The third-order valence-corrected chi connectivity index (χ3v) is 2.94. The lowest BCUT2D eigenvalue weighted by molar-refractivity contribution is -0.122. The molecule has 0 aromatic rings. The Balaban J connectivity index is 3.53. The zero-order valence-corrected chi connectivity index (χ0v) is 11.1. The predicted octanol–water partition coefficient (Wildman–Crippen LogP) is 2.96. The van der Waals surface area contributed by atoms with Gasteiger partial charge >= 0.3 is 0 Å². The van der Waals surface area contributed by atoms with Gasteiger partial charge in [-0.2, -0.15) is 0 Å². The Morgan fingerprint density at radius 2 is 2.00 bits per heavy atom. The van der Waals surface area contributed by atoms with Crippen molar-refractivity contribution in [3.63, 3.8) is 0 Å². The molecule has 0 aromatic heterocycles. The maximum Gasteiger partial charge on any atom is 0.220 e. The second kappa shape index (κ2) is 8.27. The van der Waals surface area contributed by atoms with Gasteiger partial charge in [0.05, 0.1) is 0 Å². The Kier molecular flexibility index (Phi) is 8.24. The number of rotatable bonds is 7. The first-order valence-electron chi connectivity index (χ1n) is 5.42. The molecule has 0 heterocycles. The summed E-state index contributed by atoms with van der Waals surface area (Å²) in [5.41, 5.74) is 0. The van der Waals surface area contributed by atoms with Crippen LogP contribution in [0.15, 0.2) is 0 Å². The standard InChI is InChI=1S/C11H22BrNO/c1-4-9(2)7-11(14)13-8-10(3)5-6-12/h9-10H,4-8H2,1-3H3,(H,13,14). The van der Waals surface area contributed by atoms with Gasteiger partial charge in [0.2, 0.25) is 5.91 Å². The molecule has 0 spiro atoms. The van der Waals surface area contributed by atoms with Crippen LogP contribution in [0.2, 0.25) is 0 Å². The van der Waals surface area contributed by atoms with Crippen molar-refractivity contribution in [2.45, 2.75) is 40.0 Å². The Bertz CT molecular complexity index is 161. The smallest absolute Gasteiger partial charge is 0.220 e. The highest BCUT2D eigenvalue weighted by atomic mass is 79.9. The summed E-state index contributed by atoms with van der Waals surface area (Å²) in [6, 6.07) is 0. The second-order valence-electron chi connectivity index (χ2n) is 4.10. The molecule has 84 valence electrons. The number of nitrogens with one attached hydrogen (secondary N) is 1. The van der Waals surface area contributed by atoms with E-state index in [9.17, 15) is 4.79 Å². The van der Waals surface area contributed by atoms with E-state index in [0.717, 1.165) is 24.7 Å². The average molecular weight is 264 g/mol. The third kappa shape index (κ3) is 7.36. The van der Waals surface area contributed by atoms with Crippen LogP contribution >= 0.6 is 15.9 Å². The van der Waals surface area contributed by atoms with Gasteiger partial charge in [0.15, 0.2) is 0 Å². The fraction of sp³-hybridized carbons (Fsp3) is 0.909. The Morgan fingerprint density at radius 1 is 1.36 bits per heavy atom. The molecule has 2 unspecified atom stereocenters. The molecule has 0 bridgehead atoms. The number of hydrogen-bond donors (Lipinski definition) is 1. The van der Waals surface area contributed by atoms with Crippen LogP contribution in [0.3, 0.4) is 0 Å². The van der Waals surface area contributed by atoms with Gasteiger partial charge in [-0.05, 0) is 18.3 Å². The lowest BCUT2D eigenvalue weighted by atomic mass is 10.0. The third-order valence-electron chi connectivity index (χ3n) is 2.48. The molecule has 0 rings (SSSR count). The molecule has 2 nitrogen and oxygen atoms in total. The number of halogens is 1. The monoisotopic (exact) mass is 263 g/mol. The lowest BCUT2D eigenvalue weighted by Crippen LogP contribution is -2.29. The fourth-order valence-corrected chi connectivity index (χ4v) is 1.89. The highest BCUT2D eigenvalue weighted by Gasteiger charge is 2.08. The van der Waals surface area contributed by atoms with Crippen molar-refractivity contribution < 1.29 is 4.79 Å². The van der Waals surface area contributed by atoms with Crippen molar-refractivity contribution in [1.82, 2.24) is 5.32 Å². The van der Waals surface area contributed by atoms with Crippen molar-refractivity contribution in [2.24, 2.45) is 11.8 Å². The molecule has 3 heteroatoms. The van der Waals surface area contributed by atoms with E-state index in [0.29, 0.717) is 18.3 Å². The first kappa shape index (κ1) is 13.9. The van der Waals surface area contributed by atoms with E-state index in [-0.39, 0.29) is 5.91 Å². The molecule has 0 aliphatic heterocycles. The van der Waals surface area contributed by atoms with Crippen LogP contribution in [0.25, 0.3) is 0 Å². The van der Waals surface area contributed by atoms with Crippen molar-refractivity contribution in [1.29, 1.82) is 0 Å². The van der Waals surface area contributed by atoms with Gasteiger partial charge in [-0.1, -0.05) is 43.1 Å². The molecule has 0 radical (unpaired) electrons. The highest BCUT2D eigenvalue weighted by molar-refractivity contribution is 9.09. The SMILES string of the molecule is CCC(C)CC(=O)NCC(C)CCBr. The van der Waals surface area contributed by atoms with E-state index in [4.69, 9.17) is 0 Å². The number of hydrogen-bond acceptors (Lipinski definition) is 1. The molecule has 0 saturated carbocycles. The minimum atomic E-state index is 0.195. The summed E-state index contributed by atoms with van der Waals surface area (Å²) in [7, 11) is 0. The van der Waals surface area contributed by atoms with Crippen molar-refractivity contribution in [2.75, 3.05) is 11.9 Å². The molecule has 1 N–H and O–H groups in total. The van der Waals surface area contributed by atoms with Crippen LogP contribution in [-0.4, -0.2) is 17.8 Å². The normalized spacial score (nSPS) is 14.9. The van der Waals surface area contributed by atoms with Crippen LogP contribution in [0, 0.1) is 11.8 Å². The summed E-state index contributed by atoms with van der Waals surface area (Å²) in [6.07, 6.45) is 2.85. The molecule has 2 atom stereocenters. The number of carbonyl (C=O) groups excluding carboxylic acids is 1. The Morgan fingerprint density at radius 3 is 2.50 bits per heavy atom. The van der Waals surface area contributed by atoms with E-state index < -0.39 is 0 Å². The molecular weight excluding hydrogens is 242 g/mol. The van der Waals surface area contributed by atoms with Crippen LogP contribution < -0.4 is 5.32 Å². The first-order valence-corrected chi connectivity index (χ1v) is 6.54. The van der Waals surface area contributed by atoms with Crippen molar-refractivity contribution >= 4 is 21.8 Å². The van der Waals surface area contributed by atoms with E-state index in [1.807, 2.05) is 0 Å². The van der Waals surface area contributed by atoms with Crippen molar-refractivity contribution in [3.8, 4) is 0 Å². The van der Waals surface area contributed by atoms with Crippen LogP contribution in [-0.2, 0) is 4.79 Å². The topological polar surface area (TPSA) is 29.1 Å². The number of alkyl halides is 1. The minimum Gasteiger partial charge on any atom is -0.356 e. The van der Waals surface area contributed by atoms with E-state index in [1.165, 1.54) is 0 Å². The fourth-order valence-electron chi connectivity index (χ4n) is 1.11. The van der Waals surface area contributed by atoms with Gasteiger partial charge in [-0.3, -0.25) is 4.79 Å². The zero-order valence-electron chi connectivity index (χ0n) is 9.48. The summed E-state index contributed by atoms with van der Waals surface area (Å²) in [4.78, 5) is 11.4. The summed E-state index contributed by atoms with van der Waals surface area (Å²) in [5.74, 6) is 1.26. The first-order chi connectivity index (χ1) is 6.60. The minimum absolute atomic E-state index is 0.195. The molecule has 0 aliphatic rings. The highest BCUT2D eigenvalue weighted by Crippen LogP contribution is 2.06. The summed E-state index contributed by atoms with van der Waals surface area (Å²) < 4.78 is 0. The lowest BCUT2D eigenvalue weighted by Gasteiger charge is -2.12. The van der Waals surface area contributed by atoms with Crippen LogP contribution in [0.5, 0.6) is 0 Å². The molecule has 1 amide bonds. The maximum absolute atomic E-state index is 11.4. The van der Waals surface area contributed by atoms with E-state index >= 15 is 0 Å².